The summed E-state index contributed by atoms with van der Waals surface area (Å²) in [4.78, 5) is 0. The highest BCUT2D eigenvalue weighted by molar-refractivity contribution is 7.89. The number of hydrogen-bond acceptors (Lipinski definition) is 3. The molecule has 0 saturated carbocycles. The van der Waals surface area contributed by atoms with Crippen molar-refractivity contribution in [2.45, 2.75) is 18.4 Å². The molecule has 0 saturated heterocycles. The second kappa shape index (κ2) is 5.89. The number of benzene rings is 2. The average molecular weight is 285 g/mol. The van der Waals surface area contributed by atoms with Crippen LogP contribution in [-0.4, -0.2) is 8.42 Å². The summed E-state index contributed by atoms with van der Waals surface area (Å²) >= 11 is 0. The first-order valence-corrected chi connectivity index (χ1v) is 8.06. The van der Waals surface area contributed by atoms with Crippen LogP contribution in [0.3, 0.4) is 0 Å². The maximum absolute atomic E-state index is 12.2. The van der Waals surface area contributed by atoms with Gasteiger partial charge in [0.05, 0.1) is 23.1 Å². The highest BCUT2D eigenvalue weighted by atomic mass is 32.2. The smallest absolute Gasteiger partial charge is 0.158 e. The van der Waals surface area contributed by atoms with Gasteiger partial charge in [0.1, 0.15) is 0 Å². The fraction of sp³-hybridized carbons (Fsp3) is 0.188. The van der Waals surface area contributed by atoms with Crippen LogP contribution in [0, 0.1) is 18.3 Å². The van der Waals surface area contributed by atoms with Crippen LogP contribution in [-0.2, 0) is 21.3 Å². The number of sulfone groups is 1. The lowest BCUT2D eigenvalue weighted by molar-refractivity contribution is 0.594. The monoisotopic (exact) mass is 285 g/mol. The molecule has 0 aliphatic carbocycles. The van der Waals surface area contributed by atoms with E-state index in [2.05, 4.69) is 0 Å². The molecule has 0 unspecified atom stereocenters. The number of rotatable bonds is 4. The fourth-order valence-electron chi connectivity index (χ4n) is 1.98. The third kappa shape index (κ3) is 3.69. The van der Waals surface area contributed by atoms with Crippen LogP contribution in [0.15, 0.2) is 48.5 Å². The molecular formula is C16H15NO2S. The van der Waals surface area contributed by atoms with Crippen LogP contribution in [0.25, 0.3) is 0 Å². The highest BCUT2D eigenvalue weighted by Crippen LogP contribution is 2.16. The van der Waals surface area contributed by atoms with Crippen molar-refractivity contribution in [3.8, 4) is 6.07 Å². The first-order valence-electron chi connectivity index (χ1n) is 6.24. The van der Waals surface area contributed by atoms with E-state index in [0.717, 1.165) is 11.1 Å². The molecule has 0 spiro atoms. The van der Waals surface area contributed by atoms with Gasteiger partial charge < -0.3 is 0 Å². The molecule has 0 fully saturated rings. The van der Waals surface area contributed by atoms with Gasteiger partial charge in [-0.05, 0) is 24.1 Å². The van der Waals surface area contributed by atoms with Gasteiger partial charge in [-0.1, -0.05) is 48.0 Å². The van der Waals surface area contributed by atoms with Crippen LogP contribution in [0.4, 0.5) is 0 Å². The Kier molecular flexibility index (Phi) is 4.21. The molecule has 0 aliphatic heterocycles. The minimum Gasteiger partial charge on any atom is -0.228 e. The Hall–Kier alpha value is -2.12. The van der Waals surface area contributed by atoms with E-state index in [4.69, 9.17) is 5.26 Å². The van der Waals surface area contributed by atoms with E-state index < -0.39 is 9.84 Å². The van der Waals surface area contributed by atoms with Crippen molar-refractivity contribution in [1.29, 1.82) is 5.26 Å². The van der Waals surface area contributed by atoms with Crippen LogP contribution < -0.4 is 0 Å². The number of aryl methyl sites for hydroxylation is 1. The van der Waals surface area contributed by atoms with Gasteiger partial charge >= 0.3 is 0 Å². The lowest BCUT2D eigenvalue weighted by Gasteiger charge is -2.06. The van der Waals surface area contributed by atoms with Crippen molar-refractivity contribution in [2.24, 2.45) is 0 Å². The Labute approximate surface area is 119 Å². The largest absolute Gasteiger partial charge is 0.228 e. The third-order valence-electron chi connectivity index (χ3n) is 3.02. The van der Waals surface area contributed by atoms with Crippen LogP contribution in [0.1, 0.15) is 22.3 Å². The number of nitriles is 1. The normalized spacial score (nSPS) is 11.0. The quantitative estimate of drug-likeness (QED) is 0.867. The Morgan fingerprint density at radius 2 is 1.65 bits per heavy atom. The zero-order chi connectivity index (χ0) is 14.6. The third-order valence-corrected chi connectivity index (χ3v) is 4.54. The molecule has 20 heavy (non-hydrogen) atoms. The van der Waals surface area contributed by atoms with Gasteiger partial charge in [0.25, 0.3) is 0 Å². The van der Waals surface area contributed by atoms with Crippen molar-refractivity contribution in [2.75, 3.05) is 0 Å². The lowest BCUT2D eigenvalue weighted by Crippen LogP contribution is -2.08. The van der Waals surface area contributed by atoms with Crippen molar-refractivity contribution < 1.29 is 8.42 Å². The molecule has 0 atom stereocenters. The van der Waals surface area contributed by atoms with Gasteiger partial charge in [0, 0.05) is 0 Å². The van der Waals surface area contributed by atoms with Gasteiger partial charge in [-0.3, -0.25) is 0 Å². The molecule has 4 heteroatoms. The maximum Gasteiger partial charge on any atom is 0.158 e. The molecule has 0 bridgehead atoms. The Balaban J connectivity index is 2.19. The minimum absolute atomic E-state index is 0.00690. The van der Waals surface area contributed by atoms with Gasteiger partial charge in [-0.15, -0.1) is 0 Å². The zero-order valence-corrected chi connectivity index (χ0v) is 12.0. The van der Waals surface area contributed by atoms with E-state index >= 15 is 0 Å². The minimum atomic E-state index is -3.28. The van der Waals surface area contributed by atoms with Gasteiger partial charge in [0.15, 0.2) is 9.84 Å². The van der Waals surface area contributed by atoms with Crippen molar-refractivity contribution in [3.63, 3.8) is 0 Å². The van der Waals surface area contributed by atoms with Crippen molar-refractivity contribution >= 4 is 9.84 Å². The molecule has 0 amide bonds. The summed E-state index contributed by atoms with van der Waals surface area (Å²) in [7, 11) is -3.28. The molecule has 2 rings (SSSR count). The molecule has 0 aliphatic rings. The maximum atomic E-state index is 12.2. The Bertz CT molecular complexity index is 741. The zero-order valence-electron chi connectivity index (χ0n) is 11.2. The SMILES string of the molecule is Cc1ccc(CS(=O)(=O)Cc2ccccc2C#N)cc1. The van der Waals surface area contributed by atoms with Gasteiger partial charge in [-0.25, -0.2) is 8.42 Å². The molecule has 2 aromatic rings. The van der Waals surface area contributed by atoms with E-state index in [-0.39, 0.29) is 11.5 Å². The van der Waals surface area contributed by atoms with Crippen LogP contribution in [0.5, 0.6) is 0 Å². The molecule has 0 N–H and O–H groups in total. The van der Waals surface area contributed by atoms with Crippen LogP contribution in [0.2, 0.25) is 0 Å². The second-order valence-corrected chi connectivity index (χ2v) is 6.85. The summed E-state index contributed by atoms with van der Waals surface area (Å²) in [6, 6.07) is 16.3. The molecule has 2 aromatic carbocycles. The Morgan fingerprint density at radius 3 is 2.30 bits per heavy atom. The fourth-order valence-corrected chi connectivity index (χ4v) is 3.51. The van der Waals surface area contributed by atoms with E-state index in [1.165, 1.54) is 0 Å². The van der Waals surface area contributed by atoms with Crippen molar-refractivity contribution in [1.82, 2.24) is 0 Å². The van der Waals surface area contributed by atoms with E-state index in [9.17, 15) is 8.42 Å². The highest BCUT2D eigenvalue weighted by Gasteiger charge is 2.15. The summed E-state index contributed by atoms with van der Waals surface area (Å²) < 4.78 is 24.4. The number of hydrogen-bond donors (Lipinski definition) is 0. The van der Waals surface area contributed by atoms with Crippen molar-refractivity contribution in [3.05, 3.63) is 70.8 Å². The van der Waals surface area contributed by atoms with E-state index in [1.54, 1.807) is 24.3 Å². The predicted molar refractivity (Wildman–Crippen MR) is 78.7 cm³/mol. The summed E-state index contributed by atoms with van der Waals surface area (Å²) in [5.74, 6) is -0.113. The summed E-state index contributed by atoms with van der Waals surface area (Å²) in [5.41, 5.74) is 2.84. The Morgan fingerprint density at radius 1 is 1.00 bits per heavy atom. The first kappa shape index (κ1) is 14.3. The van der Waals surface area contributed by atoms with Gasteiger partial charge in [-0.2, -0.15) is 5.26 Å². The first-order chi connectivity index (χ1) is 9.50. The predicted octanol–water partition coefficient (Wildman–Crippen LogP) is 2.98. The summed E-state index contributed by atoms with van der Waals surface area (Å²) in [6.45, 7) is 1.96. The molecular weight excluding hydrogens is 270 g/mol. The molecule has 102 valence electrons. The van der Waals surface area contributed by atoms with Crippen LogP contribution >= 0.6 is 0 Å². The topological polar surface area (TPSA) is 57.9 Å². The van der Waals surface area contributed by atoms with E-state index in [1.807, 2.05) is 37.3 Å². The molecule has 0 aromatic heterocycles. The molecule has 0 heterocycles. The average Bonchev–Trinajstić information content (AvgIpc) is 2.41. The standard InChI is InChI=1S/C16H15NO2S/c1-13-6-8-14(9-7-13)11-20(18,19)12-16-5-3-2-4-15(16)10-17/h2-9H,11-12H2,1H3. The van der Waals surface area contributed by atoms with E-state index in [0.29, 0.717) is 11.1 Å². The summed E-state index contributed by atoms with van der Waals surface area (Å²) in [5, 5.41) is 8.99. The number of nitrogens with zero attached hydrogens (tertiary/aromatic N) is 1. The molecule has 3 nitrogen and oxygen atoms in total. The molecule has 0 radical (unpaired) electrons. The lowest BCUT2D eigenvalue weighted by atomic mass is 10.1. The summed E-state index contributed by atoms with van der Waals surface area (Å²) in [6.07, 6.45) is 0. The second-order valence-electron chi connectivity index (χ2n) is 4.79. The van der Waals surface area contributed by atoms with Gasteiger partial charge in [0.2, 0.25) is 0 Å².